The van der Waals surface area contributed by atoms with Crippen LogP contribution in [0.2, 0.25) is 0 Å². The Labute approximate surface area is 44.7 Å². The molecule has 0 radical (unpaired) electrons. The van der Waals surface area contributed by atoms with Crippen LogP contribution in [0, 0.1) is 0 Å². The van der Waals surface area contributed by atoms with Gasteiger partial charge in [0.25, 0.3) is 0 Å². The summed E-state index contributed by atoms with van der Waals surface area (Å²) in [7, 11) is 13.2. The van der Waals surface area contributed by atoms with Crippen LogP contribution in [0.5, 0.6) is 0 Å². The van der Waals surface area contributed by atoms with E-state index in [1.807, 2.05) is 0 Å². The van der Waals surface area contributed by atoms with Gasteiger partial charge in [-0.15, -0.1) is 0 Å². The maximum atomic E-state index is 4.41. The molecule has 0 saturated heterocycles. The normalized spacial score (nSPS) is 11.2. The molecule has 0 fully saturated rings. The molecule has 0 unspecified atom stereocenters. The number of halogens is 1. The van der Waals surface area contributed by atoms with E-state index < -0.39 is 15.7 Å². The van der Waals surface area contributed by atoms with Crippen LogP contribution in [-0.2, 0) is 29.4 Å². The van der Waals surface area contributed by atoms with E-state index in [1.54, 1.807) is 0 Å². The third kappa shape index (κ3) is 9.22. The average molecular weight is 223 g/mol. The van der Waals surface area contributed by atoms with Crippen LogP contribution in [0.25, 0.3) is 0 Å². The first kappa shape index (κ1) is 5.78. The minimum atomic E-state index is -1.51. The third-order valence-electron chi connectivity index (χ3n) is 0. The van der Waals surface area contributed by atoms with Crippen molar-refractivity contribution >= 4 is 45.1 Å². The van der Waals surface area contributed by atoms with Gasteiger partial charge < -0.3 is 0 Å². The van der Waals surface area contributed by atoms with Crippen molar-refractivity contribution in [2.45, 2.75) is 0 Å². The van der Waals surface area contributed by atoms with Gasteiger partial charge in [0.15, 0.2) is 0 Å². The number of hydrogen-bond donors (Lipinski definition) is 0. The van der Waals surface area contributed by atoms with Crippen molar-refractivity contribution in [3.8, 4) is 0 Å². The summed E-state index contributed by atoms with van der Waals surface area (Å²) in [6.45, 7) is 0. The Kier molecular flexibility index (Phi) is 4.32. The predicted molar refractivity (Wildman–Crippen MR) is 36.1 cm³/mol. The zero-order chi connectivity index (χ0) is 3.58. The first-order valence-electron chi connectivity index (χ1n) is 0.463. The van der Waals surface area contributed by atoms with Crippen molar-refractivity contribution in [2.24, 2.45) is 0 Å². The van der Waals surface area contributed by atoms with Gasteiger partial charge in [-0.1, -0.05) is 0 Å². The fraction of sp³-hybridized carbons (Fsp3) is 0. The molecule has 4 heteroatoms. The summed E-state index contributed by atoms with van der Waals surface area (Å²) >= 11 is -1.51. The van der Waals surface area contributed by atoms with Crippen molar-refractivity contribution in [2.75, 3.05) is 0 Å². The third-order valence-corrected chi connectivity index (χ3v) is 0. The molecule has 0 saturated carbocycles. The average Bonchev–Trinajstić information content (AvgIpc) is 0.811. The summed E-state index contributed by atoms with van der Waals surface area (Å²) in [6, 6.07) is 0. The first-order chi connectivity index (χ1) is 1.73. The van der Waals surface area contributed by atoms with E-state index in [0.717, 1.165) is 0 Å². The van der Waals surface area contributed by atoms with E-state index in [4.69, 9.17) is 0 Å². The standard InChI is InChI=1S/IS3/c2-1(3)4/q-3. The predicted octanol–water partition coefficient (Wildman–Crippen LogP) is 0.879. The molecule has 0 aromatic carbocycles. The van der Waals surface area contributed by atoms with Crippen molar-refractivity contribution < 1.29 is 0 Å². The SMILES string of the molecule is [S-]I([S-])[S-]. The Balaban J connectivity index is 2.32. The van der Waals surface area contributed by atoms with Crippen molar-refractivity contribution in [1.82, 2.24) is 0 Å². The number of rotatable bonds is 0. The molecule has 0 heterocycles. The second-order valence-corrected chi connectivity index (χ2v) is 11.4. The second kappa shape index (κ2) is 2.99. The van der Waals surface area contributed by atoms with Crippen molar-refractivity contribution in [3.05, 3.63) is 0 Å². The summed E-state index contributed by atoms with van der Waals surface area (Å²) in [4.78, 5) is 0. The topological polar surface area (TPSA) is 0 Å². The Morgan fingerprint density at radius 2 is 1.00 bits per heavy atom. The van der Waals surface area contributed by atoms with Gasteiger partial charge in [-0.3, -0.25) is 0 Å². The fourth-order valence-corrected chi connectivity index (χ4v) is 0. The molecule has 28 valence electrons. The fourth-order valence-electron chi connectivity index (χ4n) is 0. The summed E-state index contributed by atoms with van der Waals surface area (Å²) < 4.78 is 0. The molecule has 0 atom stereocenters. The van der Waals surface area contributed by atoms with Crippen molar-refractivity contribution in [1.29, 1.82) is 0 Å². The molecule has 0 spiro atoms. The van der Waals surface area contributed by atoms with E-state index in [2.05, 4.69) is 29.4 Å². The summed E-state index contributed by atoms with van der Waals surface area (Å²) in [6.07, 6.45) is 0. The van der Waals surface area contributed by atoms with Crippen LogP contribution < -0.4 is 0 Å². The van der Waals surface area contributed by atoms with E-state index in [1.165, 1.54) is 0 Å². The second-order valence-electron chi connectivity index (χ2n) is 0.189. The van der Waals surface area contributed by atoms with E-state index in [0.29, 0.717) is 0 Å². The minimum absolute atomic E-state index is 1.51. The molecule has 0 aromatic heterocycles. The van der Waals surface area contributed by atoms with Gasteiger partial charge >= 0.3 is 45.1 Å². The molecule has 0 aliphatic carbocycles. The zero-order valence-electron chi connectivity index (χ0n) is 1.60. The van der Waals surface area contributed by atoms with Gasteiger partial charge in [-0.2, -0.15) is 0 Å². The van der Waals surface area contributed by atoms with Crippen LogP contribution in [0.4, 0.5) is 0 Å². The molecule has 0 amide bonds. The Bertz CT molecular complexity index is 8.00. The van der Waals surface area contributed by atoms with Gasteiger partial charge in [-0.25, -0.2) is 0 Å². The van der Waals surface area contributed by atoms with Crippen LogP contribution in [0.1, 0.15) is 0 Å². The number of hydrogen-bond acceptors (Lipinski definition) is 3. The van der Waals surface area contributed by atoms with Gasteiger partial charge in [-0.05, 0) is 0 Å². The monoisotopic (exact) mass is 223 g/mol. The van der Waals surface area contributed by atoms with Crippen LogP contribution in [0.3, 0.4) is 0 Å². The molecule has 0 nitrogen and oxygen atoms in total. The molecule has 0 aliphatic rings. The molecule has 0 aromatic rings. The Morgan fingerprint density at radius 1 is 1.00 bits per heavy atom. The quantitative estimate of drug-likeness (QED) is 0.442. The van der Waals surface area contributed by atoms with Gasteiger partial charge in [0.1, 0.15) is 0 Å². The molecule has 0 bridgehead atoms. The van der Waals surface area contributed by atoms with E-state index in [-0.39, 0.29) is 0 Å². The zero-order valence-corrected chi connectivity index (χ0v) is 6.21. The summed E-state index contributed by atoms with van der Waals surface area (Å²) in [5, 5.41) is 0. The molecule has 0 N–H and O–H groups in total. The first-order valence-corrected chi connectivity index (χ1v) is 9.32. The van der Waals surface area contributed by atoms with Gasteiger partial charge in [0.05, 0.1) is 0 Å². The van der Waals surface area contributed by atoms with Crippen molar-refractivity contribution in [3.63, 3.8) is 0 Å². The molecule has 0 rings (SSSR count). The Morgan fingerprint density at radius 3 is 1.00 bits per heavy atom. The van der Waals surface area contributed by atoms with E-state index >= 15 is 0 Å². The molecule has 4 heavy (non-hydrogen) atoms. The maximum absolute atomic E-state index is 4.41. The van der Waals surface area contributed by atoms with Crippen LogP contribution in [0.15, 0.2) is 0 Å². The molecular weight excluding hydrogens is 223 g/mol. The summed E-state index contributed by atoms with van der Waals surface area (Å²) in [5.74, 6) is 0. The summed E-state index contributed by atoms with van der Waals surface area (Å²) in [5.41, 5.74) is 0. The molecule has 0 aliphatic heterocycles. The molecular formula is IS3-3. The Hall–Kier alpha value is 1.78. The van der Waals surface area contributed by atoms with Crippen LogP contribution >= 0.6 is 15.7 Å². The van der Waals surface area contributed by atoms with E-state index in [9.17, 15) is 0 Å². The van der Waals surface area contributed by atoms with Gasteiger partial charge in [0, 0.05) is 0 Å². The van der Waals surface area contributed by atoms with Crippen LogP contribution in [-0.4, -0.2) is 0 Å². The van der Waals surface area contributed by atoms with Gasteiger partial charge in [0.2, 0.25) is 0 Å².